The number of pyridine rings is 1. The molecule has 1 atom stereocenters. The zero-order valence-corrected chi connectivity index (χ0v) is 12.0. The van der Waals surface area contributed by atoms with E-state index < -0.39 is 0 Å². The number of nitrogens with zero attached hydrogens (tertiary/aromatic N) is 1. The Bertz CT molecular complexity index is 562. The maximum absolute atomic E-state index is 13.1. The molecule has 0 fully saturated rings. The van der Waals surface area contributed by atoms with Crippen LogP contribution in [0.3, 0.4) is 0 Å². The molecule has 0 radical (unpaired) electrons. The lowest BCUT2D eigenvalue weighted by atomic mass is 10.1. The quantitative estimate of drug-likeness (QED) is 0.874. The van der Waals surface area contributed by atoms with Gasteiger partial charge in [-0.3, -0.25) is 4.98 Å². The molecule has 0 bridgehead atoms. The Balaban J connectivity index is 2.21. The van der Waals surface area contributed by atoms with Gasteiger partial charge in [0.15, 0.2) is 0 Å². The molecule has 0 aliphatic rings. The van der Waals surface area contributed by atoms with Crippen molar-refractivity contribution in [3.63, 3.8) is 0 Å². The summed E-state index contributed by atoms with van der Waals surface area (Å²) in [5, 5.41) is 3.85. The molecule has 1 aromatic heterocycles. The first-order valence-corrected chi connectivity index (χ1v) is 6.55. The number of hydrogen-bond donors (Lipinski definition) is 1. The molecular weight excluding hydrogens is 319 g/mol. The van der Waals surface area contributed by atoms with E-state index in [2.05, 4.69) is 26.2 Å². The minimum absolute atomic E-state index is 0.0833. The van der Waals surface area contributed by atoms with Crippen LogP contribution in [0.1, 0.15) is 18.5 Å². The largest absolute Gasteiger partial charge is 0.377 e. The van der Waals surface area contributed by atoms with Crippen LogP contribution in [0.2, 0.25) is 5.02 Å². The second-order valence-electron chi connectivity index (χ2n) is 3.93. The van der Waals surface area contributed by atoms with Crippen LogP contribution in [0.15, 0.2) is 41.1 Å². The second-order valence-corrected chi connectivity index (χ2v) is 5.25. The van der Waals surface area contributed by atoms with E-state index in [1.54, 1.807) is 12.3 Å². The molecule has 0 aliphatic heterocycles. The molecule has 1 aromatic carbocycles. The normalized spacial score (nSPS) is 12.2. The molecule has 18 heavy (non-hydrogen) atoms. The molecule has 1 heterocycles. The van der Waals surface area contributed by atoms with Gasteiger partial charge >= 0.3 is 0 Å². The summed E-state index contributed by atoms with van der Waals surface area (Å²) >= 11 is 9.47. The fourth-order valence-corrected chi connectivity index (χ4v) is 2.12. The van der Waals surface area contributed by atoms with E-state index in [1.807, 2.05) is 19.1 Å². The summed E-state index contributed by atoms with van der Waals surface area (Å²) in [5.74, 6) is -0.346. The summed E-state index contributed by atoms with van der Waals surface area (Å²) in [6.07, 6.45) is 2.81. The highest BCUT2D eigenvalue weighted by Crippen LogP contribution is 2.29. The second kappa shape index (κ2) is 5.67. The van der Waals surface area contributed by atoms with E-state index in [1.165, 1.54) is 12.3 Å². The topological polar surface area (TPSA) is 24.9 Å². The van der Waals surface area contributed by atoms with Crippen molar-refractivity contribution < 1.29 is 4.39 Å². The van der Waals surface area contributed by atoms with Crippen LogP contribution in [0.5, 0.6) is 0 Å². The number of halogens is 3. The number of benzene rings is 1. The number of nitrogens with one attached hydrogen (secondary N) is 1. The summed E-state index contributed by atoms with van der Waals surface area (Å²) in [6, 6.07) is 6.91. The Kier molecular flexibility index (Phi) is 4.19. The Morgan fingerprint density at radius 1 is 1.33 bits per heavy atom. The van der Waals surface area contributed by atoms with E-state index >= 15 is 0 Å². The van der Waals surface area contributed by atoms with E-state index in [0.29, 0.717) is 5.02 Å². The van der Waals surface area contributed by atoms with Crippen LogP contribution < -0.4 is 5.32 Å². The SMILES string of the molecule is CC(Nc1cc(Br)ccc1Cl)c1cncc(F)c1. The third-order valence-electron chi connectivity index (χ3n) is 2.53. The fraction of sp³-hybridized carbons (Fsp3) is 0.154. The Morgan fingerprint density at radius 3 is 2.83 bits per heavy atom. The van der Waals surface area contributed by atoms with Crippen molar-refractivity contribution in [2.75, 3.05) is 5.32 Å². The van der Waals surface area contributed by atoms with Crippen molar-refractivity contribution >= 4 is 33.2 Å². The van der Waals surface area contributed by atoms with Gasteiger partial charge in [0.1, 0.15) is 5.82 Å². The van der Waals surface area contributed by atoms with Gasteiger partial charge in [0.25, 0.3) is 0 Å². The van der Waals surface area contributed by atoms with E-state index in [-0.39, 0.29) is 11.9 Å². The molecule has 5 heteroatoms. The first-order chi connectivity index (χ1) is 8.56. The third kappa shape index (κ3) is 3.21. The minimum atomic E-state index is -0.346. The standard InChI is InChI=1S/C13H11BrClFN2/c1-8(9-4-11(16)7-17-6-9)18-13-5-10(14)2-3-12(13)15/h2-8,18H,1H3. The summed E-state index contributed by atoms with van der Waals surface area (Å²) in [6.45, 7) is 1.92. The van der Waals surface area contributed by atoms with Crippen molar-refractivity contribution in [2.45, 2.75) is 13.0 Å². The van der Waals surface area contributed by atoms with Crippen LogP contribution in [0.4, 0.5) is 10.1 Å². The predicted octanol–water partition coefficient (Wildman–Crippen LogP) is 4.81. The minimum Gasteiger partial charge on any atom is -0.377 e. The van der Waals surface area contributed by atoms with Gasteiger partial charge in [-0.2, -0.15) is 0 Å². The predicted molar refractivity (Wildman–Crippen MR) is 75.4 cm³/mol. The van der Waals surface area contributed by atoms with Crippen LogP contribution in [-0.4, -0.2) is 4.98 Å². The highest BCUT2D eigenvalue weighted by atomic mass is 79.9. The Labute approximate surface area is 118 Å². The van der Waals surface area contributed by atoms with Gasteiger partial charge in [-0.05, 0) is 36.8 Å². The monoisotopic (exact) mass is 328 g/mol. The van der Waals surface area contributed by atoms with Gasteiger partial charge in [0.2, 0.25) is 0 Å². The molecule has 2 rings (SSSR count). The van der Waals surface area contributed by atoms with Crippen molar-refractivity contribution in [3.8, 4) is 0 Å². The van der Waals surface area contributed by atoms with E-state index in [4.69, 9.17) is 11.6 Å². The third-order valence-corrected chi connectivity index (χ3v) is 3.35. The van der Waals surface area contributed by atoms with Crippen LogP contribution >= 0.6 is 27.5 Å². The van der Waals surface area contributed by atoms with E-state index in [9.17, 15) is 4.39 Å². The van der Waals surface area contributed by atoms with Crippen molar-refractivity contribution in [2.24, 2.45) is 0 Å². The van der Waals surface area contributed by atoms with Gasteiger partial charge < -0.3 is 5.32 Å². The molecule has 0 amide bonds. The molecular formula is C13H11BrClFN2. The molecule has 2 nitrogen and oxygen atoms in total. The molecule has 1 N–H and O–H groups in total. The number of anilines is 1. The van der Waals surface area contributed by atoms with E-state index in [0.717, 1.165) is 15.7 Å². The number of hydrogen-bond acceptors (Lipinski definition) is 2. The lowest BCUT2D eigenvalue weighted by Gasteiger charge is -2.16. The highest BCUT2D eigenvalue weighted by Gasteiger charge is 2.09. The molecule has 2 aromatic rings. The molecule has 0 saturated carbocycles. The van der Waals surface area contributed by atoms with Gasteiger partial charge in [-0.15, -0.1) is 0 Å². The summed E-state index contributed by atoms with van der Waals surface area (Å²) in [4.78, 5) is 3.83. The zero-order valence-electron chi connectivity index (χ0n) is 9.62. The average molecular weight is 330 g/mol. The zero-order chi connectivity index (χ0) is 13.1. The summed E-state index contributed by atoms with van der Waals surface area (Å²) < 4.78 is 14.0. The molecule has 0 saturated heterocycles. The molecule has 94 valence electrons. The molecule has 0 aliphatic carbocycles. The highest BCUT2D eigenvalue weighted by molar-refractivity contribution is 9.10. The van der Waals surface area contributed by atoms with Crippen LogP contribution in [-0.2, 0) is 0 Å². The summed E-state index contributed by atoms with van der Waals surface area (Å²) in [5.41, 5.74) is 1.56. The van der Waals surface area contributed by atoms with Crippen molar-refractivity contribution in [1.29, 1.82) is 0 Å². The van der Waals surface area contributed by atoms with Gasteiger partial charge in [0.05, 0.1) is 22.9 Å². The maximum atomic E-state index is 13.1. The first kappa shape index (κ1) is 13.3. The Hall–Kier alpha value is -1.13. The smallest absolute Gasteiger partial charge is 0.141 e. The lowest BCUT2D eigenvalue weighted by molar-refractivity contribution is 0.616. The maximum Gasteiger partial charge on any atom is 0.141 e. The lowest BCUT2D eigenvalue weighted by Crippen LogP contribution is -2.07. The Morgan fingerprint density at radius 2 is 2.11 bits per heavy atom. The average Bonchev–Trinajstić information content (AvgIpc) is 2.34. The van der Waals surface area contributed by atoms with Crippen molar-refractivity contribution in [3.05, 3.63) is 57.5 Å². The number of rotatable bonds is 3. The molecule has 0 spiro atoms. The first-order valence-electron chi connectivity index (χ1n) is 5.38. The van der Waals surface area contributed by atoms with Crippen LogP contribution in [0, 0.1) is 5.82 Å². The van der Waals surface area contributed by atoms with Gasteiger partial charge in [-0.1, -0.05) is 27.5 Å². The number of aromatic nitrogens is 1. The van der Waals surface area contributed by atoms with Crippen molar-refractivity contribution in [1.82, 2.24) is 4.98 Å². The van der Waals surface area contributed by atoms with Crippen LogP contribution in [0.25, 0.3) is 0 Å². The fourth-order valence-electron chi connectivity index (χ4n) is 1.59. The van der Waals surface area contributed by atoms with Gasteiger partial charge in [0, 0.05) is 10.7 Å². The summed E-state index contributed by atoms with van der Waals surface area (Å²) in [7, 11) is 0. The van der Waals surface area contributed by atoms with Gasteiger partial charge in [-0.25, -0.2) is 4.39 Å². The molecule has 1 unspecified atom stereocenters.